The molecule has 0 aliphatic rings. The molecule has 0 heterocycles. The fourth-order valence-electron chi connectivity index (χ4n) is 0.601. The highest BCUT2D eigenvalue weighted by molar-refractivity contribution is 5.19. The SMILES string of the molecule is C=CC(C)=CC=CC(C)CC. The van der Waals surface area contributed by atoms with E-state index in [4.69, 9.17) is 0 Å². The van der Waals surface area contributed by atoms with Crippen LogP contribution in [0.4, 0.5) is 0 Å². The van der Waals surface area contributed by atoms with Crippen LogP contribution >= 0.6 is 0 Å². The molecule has 0 aliphatic carbocycles. The highest BCUT2D eigenvalue weighted by Crippen LogP contribution is 2.02. The van der Waals surface area contributed by atoms with Crippen molar-refractivity contribution in [3.8, 4) is 0 Å². The Balaban J connectivity index is 3.84. The van der Waals surface area contributed by atoms with Gasteiger partial charge in [0.25, 0.3) is 0 Å². The molecule has 0 aromatic rings. The first-order valence-corrected chi connectivity index (χ1v) is 4.18. The van der Waals surface area contributed by atoms with E-state index in [1.165, 1.54) is 12.0 Å². The molecule has 0 aliphatic heterocycles. The van der Waals surface area contributed by atoms with E-state index >= 15 is 0 Å². The molecule has 0 aromatic carbocycles. The van der Waals surface area contributed by atoms with Crippen molar-refractivity contribution in [1.29, 1.82) is 0 Å². The van der Waals surface area contributed by atoms with Crippen LogP contribution in [0.3, 0.4) is 0 Å². The first-order valence-electron chi connectivity index (χ1n) is 4.18. The highest BCUT2D eigenvalue weighted by Gasteiger charge is 1.87. The molecule has 0 nitrogen and oxygen atoms in total. The van der Waals surface area contributed by atoms with Gasteiger partial charge in [-0.3, -0.25) is 0 Å². The molecule has 0 spiro atoms. The van der Waals surface area contributed by atoms with Crippen molar-refractivity contribution in [2.45, 2.75) is 27.2 Å². The Morgan fingerprint density at radius 3 is 2.64 bits per heavy atom. The smallest absolute Gasteiger partial charge is 0.0261 e. The zero-order valence-electron chi connectivity index (χ0n) is 7.80. The van der Waals surface area contributed by atoms with Crippen molar-refractivity contribution in [2.75, 3.05) is 0 Å². The Morgan fingerprint density at radius 2 is 2.18 bits per heavy atom. The first kappa shape index (κ1) is 10.2. The van der Waals surface area contributed by atoms with Gasteiger partial charge in [0.2, 0.25) is 0 Å². The van der Waals surface area contributed by atoms with Gasteiger partial charge in [-0.1, -0.05) is 56.7 Å². The highest BCUT2D eigenvalue weighted by atomic mass is 13.9. The minimum Gasteiger partial charge on any atom is -0.0988 e. The fraction of sp³-hybridized carbons (Fsp3) is 0.455. The molecule has 0 aromatic heterocycles. The lowest BCUT2D eigenvalue weighted by molar-refractivity contribution is 0.698. The Morgan fingerprint density at radius 1 is 1.55 bits per heavy atom. The third kappa shape index (κ3) is 5.65. The van der Waals surface area contributed by atoms with Crippen LogP contribution in [-0.4, -0.2) is 0 Å². The monoisotopic (exact) mass is 150 g/mol. The summed E-state index contributed by atoms with van der Waals surface area (Å²) in [6, 6.07) is 0. The van der Waals surface area contributed by atoms with E-state index in [0.717, 1.165) is 0 Å². The summed E-state index contributed by atoms with van der Waals surface area (Å²) in [6.07, 6.45) is 9.47. The molecular formula is C11H18. The molecule has 0 saturated heterocycles. The van der Waals surface area contributed by atoms with Crippen LogP contribution in [0.15, 0.2) is 36.5 Å². The average Bonchev–Trinajstić information content (AvgIpc) is 2.04. The summed E-state index contributed by atoms with van der Waals surface area (Å²) in [5.74, 6) is 0.684. The van der Waals surface area contributed by atoms with Crippen LogP contribution in [0.1, 0.15) is 27.2 Å². The van der Waals surface area contributed by atoms with E-state index in [9.17, 15) is 0 Å². The summed E-state index contributed by atoms with van der Waals surface area (Å²) in [7, 11) is 0. The molecule has 1 atom stereocenters. The minimum absolute atomic E-state index is 0.684. The van der Waals surface area contributed by atoms with E-state index < -0.39 is 0 Å². The fourth-order valence-corrected chi connectivity index (χ4v) is 0.601. The Hall–Kier alpha value is -0.780. The van der Waals surface area contributed by atoms with Crippen LogP contribution in [0, 0.1) is 5.92 Å². The minimum atomic E-state index is 0.684. The Labute approximate surface area is 70.3 Å². The first-order chi connectivity index (χ1) is 5.20. The van der Waals surface area contributed by atoms with Crippen molar-refractivity contribution >= 4 is 0 Å². The maximum Gasteiger partial charge on any atom is -0.0261 e. The summed E-state index contributed by atoms with van der Waals surface area (Å²) < 4.78 is 0. The lowest BCUT2D eigenvalue weighted by atomic mass is 10.1. The predicted octanol–water partition coefficient (Wildman–Crippen LogP) is 3.72. The normalized spacial score (nSPS) is 15.4. The van der Waals surface area contributed by atoms with Crippen molar-refractivity contribution in [3.63, 3.8) is 0 Å². The van der Waals surface area contributed by atoms with Crippen molar-refractivity contribution in [1.82, 2.24) is 0 Å². The molecule has 0 N–H and O–H groups in total. The molecule has 0 heteroatoms. The molecule has 62 valence electrons. The van der Waals surface area contributed by atoms with Gasteiger partial charge in [0, 0.05) is 0 Å². The summed E-state index contributed by atoms with van der Waals surface area (Å²) in [5.41, 5.74) is 1.21. The van der Waals surface area contributed by atoms with E-state index in [1.807, 2.05) is 13.0 Å². The molecule has 0 fully saturated rings. The number of rotatable bonds is 4. The third-order valence-electron chi connectivity index (χ3n) is 1.76. The van der Waals surface area contributed by atoms with Crippen LogP contribution in [-0.2, 0) is 0 Å². The van der Waals surface area contributed by atoms with Gasteiger partial charge in [0.05, 0.1) is 0 Å². The number of allylic oxidation sites excluding steroid dienone is 5. The second-order valence-electron chi connectivity index (χ2n) is 2.89. The molecule has 0 amide bonds. The van der Waals surface area contributed by atoms with Gasteiger partial charge in [-0.05, 0) is 12.8 Å². The van der Waals surface area contributed by atoms with Crippen LogP contribution < -0.4 is 0 Å². The summed E-state index contributed by atoms with van der Waals surface area (Å²) >= 11 is 0. The van der Waals surface area contributed by atoms with Crippen LogP contribution in [0.2, 0.25) is 0 Å². The topological polar surface area (TPSA) is 0 Å². The van der Waals surface area contributed by atoms with Crippen molar-refractivity contribution < 1.29 is 0 Å². The average molecular weight is 150 g/mol. The molecule has 11 heavy (non-hydrogen) atoms. The van der Waals surface area contributed by atoms with Crippen LogP contribution in [0.25, 0.3) is 0 Å². The summed E-state index contributed by atoms with van der Waals surface area (Å²) in [5, 5.41) is 0. The van der Waals surface area contributed by atoms with Crippen LogP contribution in [0.5, 0.6) is 0 Å². The Kier molecular flexibility index (Phi) is 5.54. The molecule has 1 unspecified atom stereocenters. The second-order valence-corrected chi connectivity index (χ2v) is 2.89. The molecule has 0 rings (SSSR count). The number of hydrogen-bond acceptors (Lipinski definition) is 0. The molecule has 0 bridgehead atoms. The zero-order chi connectivity index (χ0) is 8.69. The summed E-state index contributed by atoms with van der Waals surface area (Å²) in [4.78, 5) is 0. The van der Waals surface area contributed by atoms with Gasteiger partial charge in [-0.2, -0.15) is 0 Å². The van der Waals surface area contributed by atoms with Gasteiger partial charge in [-0.15, -0.1) is 0 Å². The molecule has 0 radical (unpaired) electrons. The maximum atomic E-state index is 3.68. The predicted molar refractivity (Wildman–Crippen MR) is 52.5 cm³/mol. The van der Waals surface area contributed by atoms with Gasteiger partial charge < -0.3 is 0 Å². The van der Waals surface area contributed by atoms with Gasteiger partial charge >= 0.3 is 0 Å². The Bertz CT molecular complexity index is 161. The quantitative estimate of drug-likeness (QED) is 0.536. The summed E-state index contributed by atoms with van der Waals surface area (Å²) in [6.45, 7) is 10.1. The van der Waals surface area contributed by atoms with E-state index in [1.54, 1.807) is 0 Å². The van der Waals surface area contributed by atoms with Gasteiger partial charge in [-0.25, -0.2) is 0 Å². The second kappa shape index (κ2) is 5.96. The molecule has 0 saturated carbocycles. The largest absolute Gasteiger partial charge is 0.0988 e. The zero-order valence-corrected chi connectivity index (χ0v) is 7.80. The van der Waals surface area contributed by atoms with E-state index in [2.05, 4.69) is 38.7 Å². The lowest BCUT2D eigenvalue weighted by Crippen LogP contribution is -1.82. The standard InChI is InChI=1S/C11H18/c1-5-10(3)8-7-9-11(4)6-2/h5,7-9,11H,1,6H2,2-4H3. The maximum absolute atomic E-state index is 3.68. The van der Waals surface area contributed by atoms with E-state index in [0.29, 0.717) is 5.92 Å². The van der Waals surface area contributed by atoms with E-state index in [-0.39, 0.29) is 0 Å². The van der Waals surface area contributed by atoms with Gasteiger partial charge in [0.15, 0.2) is 0 Å². The van der Waals surface area contributed by atoms with Crippen molar-refractivity contribution in [3.05, 3.63) is 36.5 Å². The van der Waals surface area contributed by atoms with Crippen molar-refractivity contribution in [2.24, 2.45) is 5.92 Å². The number of hydrogen-bond donors (Lipinski definition) is 0. The lowest BCUT2D eigenvalue weighted by Gasteiger charge is -1.97. The molecular weight excluding hydrogens is 132 g/mol. The third-order valence-corrected chi connectivity index (χ3v) is 1.76. The van der Waals surface area contributed by atoms with Gasteiger partial charge in [0.1, 0.15) is 0 Å².